The number of aromatic nitrogens is 1. The fraction of sp³-hybridized carbons (Fsp3) is 0.0556. The molecule has 7 heteroatoms. The lowest BCUT2D eigenvalue weighted by Crippen LogP contribution is -2.29. The molecule has 2 N–H and O–H groups in total. The zero-order valence-corrected chi connectivity index (χ0v) is 14.2. The minimum Gasteiger partial charge on any atom is -0.457 e. The molecule has 0 saturated heterocycles. The lowest BCUT2D eigenvalue weighted by atomic mass is 10.3. The molecule has 1 aromatic heterocycles. The number of nitrogens with one attached hydrogen (secondary N) is 2. The Morgan fingerprint density at radius 3 is 2.20 bits per heavy atom. The van der Waals surface area contributed by atoms with Gasteiger partial charge in [0, 0.05) is 11.1 Å². The Kier molecular flexibility index (Phi) is 5.06. The zero-order valence-electron chi connectivity index (χ0n) is 13.4. The van der Waals surface area contributed by atoms with Gasteiger partial charge in [-0.3, -0.25) is 14.9 Å². The molecule has 6 nitrogen and oxygen atoms in total. The Hall–Kier alpha value is -3.19. The highest BCUT2D eigenvalue weighted by molar-refractivity contribution is 7.14. The summed E-state index contributed by atoms with van der Waals surface area (Å²) in [6, 6.07) is 16.1. The first-order chi connectivity index (χ1) is 12.1. The summed E-state index contributed by atoms with van der Waals surface area (Å²) in [6.07, 6.45) is 0. The molecule has 0 unspecified atom stereocenters. The highest BCUT2D eigenvalue weighted by atomic mass is 32.1. The number of aryl methyl sites for hydroxylation is 1. The van der Waals surface area contributed by atoms with Crippen molar-refractivity contribution in [3.05, 3.63) is 65.7 Å². The van der Waals surface area contributed by atoms with E-state index < -0.39 is 11.8 Å². The Morgan fingerprint density at radius 2 is 1.56 bits per heavy atom. The van der Waals surface area contributed by atoms with Crippen LogP contribution in [0.3, 0.4) is 0 Å². The molecule has 0 spiro atoms. The van der Waals surface area contributed by atoms with E-state index in [9.17, 15) is 9.59 Å². The van der Waals surface area contributed by atoms with Crippen molar-refractivity contribution in [2.24, 2.45) is 0 Å². The molecule has 0 aliphatic rings. The van der Waals surface area contributed by atoms with Crippen LogP contribution in [0.15, 0.2) is 60.0 Å². The third kappa shape index (κ3) is 4.65. The van der Waals surface area contributed by atoms with Crippen LogP contribution in [-0.4, -0.2) is 16.8 Å². The van der Waals surface area contributed by atoms with E-state index in [1.807, 2.05) is 37.3 Å². The van der Waals surface area contributed by atoms with Crippen LogP contribution in [0.4, 0.5) is 10.8 Å². The van der Waals surface area contributed by atoms with E-state index >= 15 is 0 Å². The van der Waals surface area contributed by atoms with Gasteiger partial charge < -0.3 is 10.1 Å². The molecule has 3 rings (SSSR count). The first-order valence-electron chi connectivity index (χ1n) is 7.47. The van der Waals surface area contributed by atoms with E-state index in [0.717, 1.165) is 11.4 Å². The van der Waals surface area contributed by atoms with Crippen LogP contribution in [0.1, 0.15) is 5.69 Å². The minimum atomic E-state index is -0.765. The second-order valence-electron chi connectivity index (χ2n) is 5.14. The average molecular weight is 353 g/mol. The fourth-order valence-corrected chi connectivity index (χ4v) is 2.67. The number of anilines is 2. The number of carbonyl (C=O) groups excluding carboxylic acids is 2. The lowest BCUT2D eigenvalue weighted by Gasteiger charge is -2.08. The van der Waals surface area contributed by atoms with Crippen LogP contribution in [0.5, 0.6) is 11.5 Å². The number of hydrogen-bond acceptors (Lipinski definition) is 5. The molecule has 0 radical (unpaired) electrons. The van der Waals surface area contributed by atoms with Crippen LogP contribution in [0.2, 0.25) is 0 Å². The summed E-state index contributed by atoms with van der Waals surface area (Å²) in [7, 11) is 0. The van der Waals surface area contributed by atoms with Crippen molar-refractivity contribution in [3.8, 4) is 11.5 Å². The predicted octanol–water partition coefficient (Wildman–Crippen LogP) is 3.82. The molecule has 0 fully saturated rings. The number of thiazole rings is 1. The summed E-state index contributed by atoms with van der Waals surface area (Å²) in [5.74, 6) is -0.173. The van der Waals surface area contributed by atoms with Crippen LogP contribution in [0.25, 0.3) is 0 Å². The third-order valence-electron chi connectivity index (χ3n) is 3.14. The highest BCUT2D eigenvalue weighted by Crippen LogP contribution is 2.22. The molecular weight excluding hydrogens is 338 g/mol. The van der Waals surface area contributed by atoms with Crippen LogP contribution < -0.4 is 15.4 Å². The standard InChI is InChI=1S/C18H15N3O3S/c1-12-11-25-18(19-12)21-17(23)16(22)20-13-7-9-15(10-8-13)24-14-5-3-2-4-6-14/h2-11H,1H3,(H,20,22)(H,19,21,23). The Labute approximate surface area is 148 Å². The second kappa shape index (κ2) is 7.59. The molecular formula is C18H15N3O3S. The van der Waals surface area contributed by atoms with Gasteiger partial charge in [-0.25, -0.2) is 4.98 Å². The number of nitrogens with zero attached hydrogens (tertiary/aromatic N) is 1. The summed E-state index contributed by atoms with van der Waals surface area (Å²) in [5, 5.41) is 7.17. The van der Waals surface area contributed by atoms with Crippen molar-refractivity contribution >= 4 is 34.0 Å². The molecule has 2 aromatic carbocycles. The van der Waals surface area contributed by atoms with Gasteiger partial charge in [-0.2, -0.15) is 0 Å². The third-order valence-corrected chi connectivity index (χ3v) is 4.01. The Bertz CT molecular complexity index is 876. The van der Waals surface area contributed by atoms with Gasteiger partial charge in [-0.1, -0.05) is 18.2 Å². The maximum absolute atomic E-state index is 11.9. The number of carbonyl (C=O) groups is 2. The van der Waals surface area contributed by atoms with Crippen LogP contribution >= 0.6 is 11.3 Å². The monoisotopic (exact) mass is 353 g/mol. The number of amides is 2. The van der Waals surface area contributed by atoms with E-state index in [4.69, 9.17) is 4.74 Å². The van der Waals surface area contributed by atoms with Gasteiger partial charge in [0.05, 0.1) is 5.69 Å². The van der Waals surface area contributed by atoms with Crippen molar-refractivity contribution in [2.75, 3.05) is 10.6 Å². The summed E-state index contributed by atoms with van der Waals surface area (Å²) in [6.45, 7) is 1.81. The van der Waals surface area contributed by atoms with Crippen LogP contribution in [0, 0.1) is 6.92 Å². The van der Waals surface area contributed by atoms with E-state index in [1.54, 1.807) is 29.6 Å². The van der Waals surface area contributed by atoms with Crippen molar-refractivity contribution in [2.45, 2.75) is 6.92 Å². The molecule has 25 heavy (non-hydrogen) atoms. The quantitative estimate of drug-likeness (QED) is 0.699. The van der Waals surface area contributed by atoms with E-state index in [-0.39, 0.29) is 0 Å². The average Bonchev–Trinajstić information content (AvgIpc) is 3.02. The molecule has 126 valence electrons. The maximum Gasteiger partial charge on any atom is 0.315 e. The molecule has 1 heterocycles. The van der Waals surface area contributed by atoms with Crippen molar-refractivity contribution in [3.63, 3.8) is 0 Å². The maximum atomic E-state index is 11.9. The van der Waals surface area contributed by atoms with Crippen LogP contribution in [-0.2, 0) is 9.59 Å². The van der Waals surface area contributed by atoms with Gasteiger partial charge in [0.25, 0.3) is 0 Å². The number of para-hydroxylation sites is 1. The predicted molar refractivity (Wildman–Crippen MR) is 97.1 cm³/mol. The first kappa shape index (κ1) is 16.7. The van der Waals surface area contributed by atoms with E-state index in [1.165, 1.54) is 11.3 Å². The number of hydrogen-bond donors (Lipinski definition) is 2. The van der Waals surface area contributed by atoms with Gasteiger partial charge in [-0.15, -0.1) is 11.3 Å². The largest absolute Gasteiger partial charge is 0.457 e. The van der Waals surface area contributed by atoms with Gasteiger partial charge in [0.15, 0.2) is 5.13 Å². The molecule has 0 saturated carbocycles. The smallest absolute Gasteiger partial charge is 0.315 e. The van der Waals surface area contributed by atoms with Crippen molar-refractivity contribution < 1.29 is 14.3 Å². The van der Waals surface area contributed by atoms with Gasteiger partial charge in [0.2, 0.25) is 0 Å². The molecule has 3 aromatic rings. The highest BCUT2D eigenvalue weighted by Gasteiger charge is 2.15. The number of benzene rings is 2. The normalized spacial score (nSPS) is 10.1. The van der Waals surface area contributed by atoms with Gasteiger partial charge >= 0.3 is 11.8 Å². The molecule has 0 atom stereocenters. The number of ether oxygens (including phenoxy) is 1. The number of rotatable bonds is 4. The molecule has 2 amide bonds. The van der Waals surface area contributed by atoms with Crippen molar-refractivity contribution in [1.29, 1.82) is 0 Å². The molecule has 0 bridgehead atoms. The first-order valence-corrected chi connectivity index (χ1v) is 8.35. The van der Waals surface area contributed by atoms with E-state index in [0.29, 0.717) is 16.6 Å². The Balaban J connectivity index is 1.57. The summed E-state index contributed by atoms with van der Waals surface area (Å²) in [5.41, 5.74) is 1.28. The van der Waals surface area contributed by atoms with Gasteiger partial charge in [0.1, 0.15) is 11.5 Å². The summed E-state index contributed by atoms with van der Waals surface area (Å²) in [4.78, 5) is 27.9. The Morgan fingerprint density at radius 1 is 0.920 bits per heavy atom. The minimum absolute atomic E-state index is 0.393. The molecule has 0 aliphatic heterocycles. The fourth-order valence-electron chi connectivity index (χ4n) is 1.98. The zero-order chi connectivity index (χ0) is 17.6. The topological polar surface area (TPSA) is 80.3 Å². The van der Waals surface area contributed by atoms with Crippen molar-refractivity contribution in [1.82, 2.24) is 4.98 Å². The summed E-state index contributed by atoms with van der Waals surface area (Å²) < 4.78 is 5.67. The second-order valence-corrected chi connectivity index (χ2v) is 6.00. The van der Waals surface area contributed by atoms with E-state index in [2.05, 4.69) is 15.6 Å². The molecule has 0 aliphatic carbocycles. The summed E-state index contributed by atoms with van der Waals surface area (Å²) >= 11 is 1.26. The SMILES string of the molecule is Cc1csc(NC(=O)C(=O)Nc2ccc(Oc3ccccc3)cc2)n1. The van der Waals surface area contributed by atoms with Gasteiger partial charge in [-0.05, 0) is 43.3 Å². The lowest BCUT2D eigenvalue weighted by molar-refractivity contribution is -0.132.